The van der Waals surface area contributed by atoms with Gasteiger partial charge >= 0.3 is 0 Å². The molecule has 1 N–H and O–H groups in total. The van der Waals surface area contributed by atoms with E-state index in [0.29, 0.717) is 6.61 Å². The second kappa shape index (κ2) is 8.70. The number of aliphatic hydroxyl groups excluding tert-OH is 1. The monoisotopic (exact) mass is 381 g/mol. The molecule has 2 fully saturated rings. The van der Waals surface area contributed by atoms with Crippen LogP contribution in [0.3, 0.4) is 0 Å². The van der Waals surface area contributed by atoms with Gasteiger partial charge in [0.1, 0.15) is 6.10 Å². The number of piperazine rings is 1. The van der Waals surface area contributed by atoms with E-state index in [9.17, 15) is 5.11 Å². The fourth-order valence-corrected chi connectivity index (χ4v) is 4.81. The van der Waals surface area contributed by atoms with Crippen molar-refractivity contribution in [1.29, 1.82) is 0 Å². The largest absolute Gasteiger partial charge is 0.385 e. The molecule has 1 aromatic carbocycles. The summed E-state index contributed by atoms with van der Waals surface area (Å²) in [5.74, 6) is 0. The van der Waals surface area contributed by atoms with Crippen LogP contribution in [0.2, 0.25) is 0 Å². The summed E-state index contributed by atoms with van der Waals surface area (Å²) in [7, 11) is 0. The molecule has 5 heteroatoms. The number of ether oxygens (including phenoxy) is 1. The molecule has 3 atom stereocenters. The highest BCUT2D eigenvalue weighted by Crippen LogP contribution is 2.41. The summed E-state index contributed by atoms with van der Waals surface area (Å²) in [6.07, 6.45) is 3.00. The van der Waals surface area contributed by atoms with Gasteiger partial charge in [0.05, 0.1) is 17.3 Å². The highest BCUT2D eigenvalue weighted by atomic mass is 16.5. The third kappa shape index (κ3) is 4.13. The van der Waals surface area contributed by atoms with Crippen LogP contribution in [0.1, 0.15) is 37.1 Å². The van der Waals surface area contributed by atoms with Gasteiger partial charge in [-0.1, -0.05) is 36.4 Å². The van der Waals surface area contributed by atoms with Gasteiger partial charge in [0, 0.05) is 45.5 Å². The predicted octanol–water partition coefficient (Wildman–Crippen LogP) is 2.87. The van der Waals surface area contributed by atoms with Crippen LogP contribution in [0.25, 0.3) is 0 Å². The molecule has 150 valence electrons. The van der Waals surface area contributed by atoms with Gasteiger partial charge in [-0.3, -0.25) is 14.8 Å². The van der Waals surface area contributed by atoms with Crippen molar-refractivity contribution in [2.45, 2.75) is 44.1 Å². The van der Waals surface area contributed by atoms with Crippen LogP contribution in [0.5, 0.6) is 0 Å². The Hall–Kier alpha value is -1.79. The van der Waals surface area contributed by atoms with Crippen LogP contribution in [-0.2, 0) is 11.3 Å². The molecule has 0 bridgehead atoms. The Morgan fingerprint density at radius 2 is 1.86 bits per heavy atom. The zero-order valence-electron chi connectivity index (χ0n) is 16.7. The Morgan fingerprint density at radius 1 is 1.11 bits per heavy atom. The van der Waals surface area contributed by atoms with Gasteiger partial charge in [0.2, 0.25) is 0 Å². The quantitative estimate of drug-likeness (QED) is 0.863. The third-order valence-electron chi connectivity index (χ3n) is 6.31. The number of aliphatic hydroxyl groups is 1. The van der Waals surface area contributed by atoms with Crippen LogP contribution < -0.4 is 0 Å². The molecule has 0 saturated carbocycles. The molecule has 1 unspecified atom stereocenters. The van der Waals surface area contributed by atoms with E-state index in [2.05, 4.69) is 52.0 Å². The van der Waals surface area contributed by atoms with E-state index in [-0.39, 0.29) is 11.6 Å². The first kappa shape index (κ1) is 19.5. The summed E-state index contributed by atoms with van der Waals surface area (Å²) in [6.45, 7) is 7.75. The Morgan fingerprint density at radius 3 is 2.54 bits per heavy atom. The molecule has 0 amide bonds. The van der Waals surface area contributed by atoms with Crippen LogP contribution >= 0.6 is 0 Å². The van der Waals surface area contributed by atoms with Gasteiger partial charge < -0.3 is 9.84 Å². The number of nitrogens with zero attached hydrogens (tertiary/aromatic N) is 3. The van der Waals surface area contributed by atoms with E-state index in [0.717, 1.165) is 51.3 Å². The number of aromatic nitrogens is 1. The maximum atomic E-state index is 11.4. The molecule has 3 heterocycles. The lowest BCUT2D eigenvalue weighted by Gasteiger charge is -2.53. The fraction of sp³-hybridized carbons (Fsp3) is 0.522. The topological polar surface area (TPSA) is 48.8 Å². The van der Waals surface area contributed by atoms with Crippen molar-refractivity contribution in [3.63, 3.8) is 0 Å². The van der Waals surface area contributed by atoms with Gasteiger partial charge in [-0.2, -0.15) is 0 Å². The Bertz CT molecular complexity index is 734. The maximum Gasteiger partial charge on any atom is 0.114 e. The summed E-state index contributed by atoms with van der Waals surface area (Å²) in [5.41, 5.74) is 1.83. The second-order valence-corrected chi connectivity index (χ2v) is 8.15. The van der Waals surface area contributed by atoms with Gasteiger partial charge in [0.25, 0.3) is 0 Å². The molecule has 5 nitrogen and oxygen atoms in total. The highest BCUT2D eigenvalue weighted by molar-refractivity contribution is 5.16. The average Bonchev–Trinajstić information content (AvgIpc) is 2.75. The summed E-state index contributed by atoms with van der Waals surface area (Å²) in [6, 6.07) is 16.5. The zero-order valence-corrected chi connectivity index (χ0v) is 16.7. The lowest BCUT2D eigenvalue weighted by atomic mass is 9.78. The molecular weight excluding hydrogens is 350 g/mol. The molecule has 0 radical (unpaired) electrons. The molecule has 4 rings (SSSR count). The van der Waals surface area contributed by atoms with E-state index < -0.39 is 6.10 Å². The Balaban J connectivity index is 1.49. The van der Waals surface area contributed by atoms with E-state index in [4.69, 9.17) is 4.74 Å². The van der Waals surface area contributed by atoms with Crippen LogP contribution in [0.15, 0.2) is 54.7 Å². The Labute approximate surface area is 168 Å². The van der Waals surface area contributed by atoms with Crippen LogP contribution in [0.4, 0.5) is 0 Å². The maximum absolute atomic E-state index is 11.4. The molecule has 28 heavy (non-hydrogen) atoms. The summed E-state index contributed by atoms with van der Waals surface area (Å²) in [5, 5.41) is 11.4. The summed E-state index contributed by atoms with van der Waals surface area (Å²) in [4.78, 5) is 9.48. The van der Waals surface area contributed by atoms with Crippen molar-refractivity contribution in [3.05, 3.63) is 66.0 Å². The molecule has 0 aliphatic carbocycles. The molecule has 2 aromatic rings. The number of hydrogen-bond acceptors (Lipinski definition) is 5. The van der Waals surface area contributed by atoms with Gasteiger partial charge in [-0.25, -0.2) is 0 Å². The molecule has 2 aliphatic heterocycles. The standard InChI is InChI=1S/C23H31N3O2/c1-19-17-23(10-16-28-19,22(27)21-9-5-6-11-24-21)26-14-12-25(13-15-26)18-20-7-3-2-4-8-20/h2-9,11,19,22,27H,10,12-18H2,1H3/t19-,22?,23+/m1/s1. The van der Waals surface area contributed by atoms with Crippen molar-refractivity contribution >= 4 is 0 Å². The van der Waals surface area contributed by atoms with Gasteiger partial charge in [-0.05, 0) is 37.5 Å². The number of rotatable bonds is 5. The van der Waals surface area contributed by atoms with Gasteiger partial charge in [-0.15, -0.1) is 0 Å². The Kier molecular flexibility index (Phi) is 6.07. The predicted molar refractivity (Wildman–Crippen MR) is 110 cm³/mol. The number of pyridine rings is 1. The molecule has 0 spiro atoms. The highest BCUT2D eigenvalue weighted by Gasteiger charge is 2.48. The first-order valence-corrected chi connectivity index (χ1v) is 10.4. The molecule has 2 aliphatic rings. The van der Waals surface area contributed by atoms with E-state index >= 15 is 0 Å². The van der Waals surface area contributed by atoms with Crippen molar-refractivity contribution < 1.29 is 9.84 Å². The van der Waals surface area contributed by atoms with E-state index in [1.807, 2.05) is 18.2 Å². The number of hydrogen-bond donors (Lipinski definition) is 1. The zero-order chi connectivity index (χ0) is 19.4. The first-order valence-electron chi connectivity index (χ1n) is 10.4. The smallest absolute Gasteiger partial charge is 0.114 e. The van der Waals surface area contributed by atoms with Gasteiger partial charge in [0.15, 0.2) is 0 Å². The number of benzene rings is 1. The lowest BCUT2D eigenvalue weighted by Crippen LogP contribution is -2.62. The summed E-state index contributed by atoms with van der Waals surface area (Å²) >= 11 is 0. The van der Waals surface area contributed by atoms with Crippen molar-refractivity contribution in [1.82, 2.24) is 14.8 Å². The van der Waals surface area contributed by atoms with Crippen LogP contribution in [0, 0.1) is 0 Å². The molecule has 2 saturated heterocycles. The fourth-order valence-electron chi connectivity index (χ4n) is 4.81. The van der Waals surface area contributed by atoms with Crippen molar-refractivity contribution in [3.8, 4) is 0 Å². The average molecular weight is 382 g/mol. The minimum atomic E-state index is -0.597. The second-order valence-electron chi connectivity index (χ2n) is 8.15. The molecular formula is C23H31N3O2. The van der Waals surface area contributed by atoms with E-state index in [1.54, 1.807) is 6.20 Å². The SMILES string of the molecule is C[C@@H]1C[C@@](C(O)c2ccccn2)(N2CCN(Cc3ccccc3)CC2)CCO1. The normalized spacial score (nSPS) is 28.1. The minimum Gasteiger partial charge on any atom is -0.385 e. The van der Waals surface area contributed by atoms with E-state index in [1.165, 1.54) is 5.56 Å². The minimum absolute atomic E-state index is 0.148. The summed E-state index contributed by atoms with van der Waals surface area (Å²) < 4.78 is 5.84. The van der Waals surface area contributed by atoms with Crippen molar-refractivity contribution in [2.24, 2.45) is 0 Å². The van der Waals surface area contributed by atoms with Crippen LogP contribution in [-0.4, -0.2) is 64.3 Å². The third-order valence-corrected chi connectivity index (χ3v) is 6.31. The van der Waals surface area contributed by atoms with Crippen molar-refractivity contribution in [2.75, 3.05) is 32.8 Å². The molecule has 1 aromatic heterocycles. The lowest BCUT2D eigenvalue weighted by molar-refractivity contribution is -0.132. The first-order chi connectivity index (χ1) is 13.7.